The van der Waals surface area contributed by atoms with Crippen LogP contribution in [0.2, 0.25) is 0 Å². The predicted octanol–water partition coefficient (Wildman–Crippen LogP) is 1.35. The summed E-state index contributed by atoms with van der Waals surface area (Å²) in [5.41, 5.74) is 2.68. The number of hydrogen-bond donors (Lipinski definition) is 0. The van der Waals surface area contributed by atoms with Gasteiger partial charge in [-0.25, -0.2) is 0 Å². The minimum absolute atomic E-state index is 0.244. The van der Waals surface area contributed by atoms with Crippen LogP contribution in [0, 0.1) is 0 Å². The molecule has 1 saturated heterocycles. The van der Waals surface area contributed by atoms with Crippen molar-refractivity contribution in [1.29, 1.82) is 0 Å². The maximum Gasteiger partial charge on any atom is 0.281 e. The third-order valence-corrected chi connectivity index (χ3v) is 6.53. The molecule has 0 unspecified atom stereocenters. The van der Waals surface area contributed by atoms with E-state index in [0.717, 1.165) is 36.3 Å². The lowest BCUT2D eigenvalue weighted by molar-refractivity contribution is 0.300. The lowest BCUT2D eigenvalue weighted by Crippen LogP contribution is -2.44. The van der Waals surface area contributed by atoms with Crippen LogP contribution in [0.25, 0.3) is 11.3 Å². The summed E-state index contributed by atoms with van der Waals surface area (Å²) >= 11 is 0. The van der Waals surface area contributed by atoms with Crippen LogP contribution in [-0.2, 0) is 16.8 Å². The Morgan fingerprint density at radius 1 is 1.16 bits per heavy atom. The van der Waals surface area contributed by atoms with Gasteiger partial charge in [-0.3, -0.25) is 14.6 Å². The van der Waals surface area contributed by atoms with Crippen molar-refractivity contribution in [3.8, 4) is 11.3 Å². The zero-order chi connectivity index (χ0) is 18.0. The largest absolute Gasteiger partial charge is 0.281 e. The van der Waals surface area contributed by atoms with Gasteiger partial charge >= 0.3 is 0 Å². The molecule has 3 rings (SSSR count). The summed E-state index contributed by atoms with van der Waals surface area (Å²) < 4.78 is 29.0. The number of aromatic nitrogens is 4. The van der Waals surface area contributed by atoms with Gasteiger partial charge in [0.25, 0.3) is 10.2 Å². The molecule has 1 fully saturated rings. The first-order chi connectivity index (χ1) is 11.9. The second-order valence-electron chi connectivity index (χ2n) is 6.37. The fraction of sp³-hybridized carbons (Fsp3) is 0.562. The fourth-order valence-corrected chi connectivity index (χ4v) is 4.11. The van der Waals surface area contributed by atoms with E-state index in [2.05, 4.69) is 15.1 Å². The Bertz CT molecular complexity index is 807. The molecule has 0 aliphatic carbocycles. The van der Waals surface area contributed by atoms with Crippen LogP contribution in [0.5, 0.6) is 0 Å². The summed E-state index contributed by atoms with van der Waals surface area (Å²) in [4.78, 5) is 9.07. The van der Waals surface area contributed by atoms with Crippen LogP contribution in [0.15, 0.2) is 24.8 Å². The first-order valence-electron chi connectivity index (χ1n) is 8.44. The van der Waals surface area contributed by atoms with Gasteiger partial charge in [0.05, 0.1) is 23.8 Å². The van der Waals surface area contributed by atoms with E-state index in [1.165, 1.54) is 8.61 Å². The van der Waals surface area contributed by atoms with Crippen molar-refractivity contribution in [3.05, 3.63) is 30.5 Å². The average molecular weight is 364 g/mol. The number of rotatable bonds is 5. The molecule has 0 bridgehead atoms. The lowest BCUT2D eigenvalue weighted by atomic mass is 9.95. The minimum Gasteiger partial charge on any atom is -0.272 e. The van der Waals surface area contributed by atoms with Gasteiger partial charge in [-0.15, -0.1) is 0 Å². The molecular weight excluding hydrogens is 340 g/mol. The number of aryl methyl sites for hydroxylation is 1. The SMILES string of the molecule is CCn1cc(-c2cnc(C3CCN(S(=O)(=O)N(C)C)CC3)cn2)cn1. The summed E-state index contributed by atoms with van der Waals surface area (Å²) in [7, 11) is -0.204. The zero-order valence-electron chi connectivity index (χ0n) is 14.8. The van der Waals surface area contributed by atoms with Crippen molar-refractivity contribution in [2.24, 2.45) is 0 Å². The molecule has 9 heteroatoms. The first-order valence-corrected chi connectivity index (χ1v) is 9.84. The Morgan fingerprint density at radius 3 is 2.40 bits per heavy atom. The molecule has 1 aliphatic heterocycles. The van der Waals surface area contributed by atoms with E-state index in [0.29, 0.717) is 13.1 Å². The van der Waals surface area contributed by atoms with E-state index >= 15 is 0 Å². The van der Waals surface area contributed by atoms with Crippen LogP contribution < -0.4 is 0 Å². The van der Waals surface area contributed by atoms with E-state index in [-0.39, 0.29) is 5.92 Å². The molecule has 2 aromatic heterocycles. The van der Waals surface area contributed by atoms with Crippen LogP contribution >= 0.6 is 0 Å². The van der Waals surface area contributed by atoms with E-state index in [1.54, 1.807) is 32.7 Å². The molecule has 0 saturated carbocycles. The summed E-state index contributed by atoms with van der Waals surface area (Å²) in [6, 6.07) is 0. The van der Waals surface area contributed by atoms with Gasteiger partial charge in [0.1, 0.15) is 0 Å². The van der Waals surface area contributed by atoms with Gasteiger partial charge in [-0.2, -0.15) is 22.1 Å². The van der Waals surface area contributed by atoms with E-state index in [9.17, 15) is 8.42 Å². The van der Waals surface area contributed by atoms with E-state index < -0.39 is 10.2 Å². The minimum atomic E-state index is -3.33. The van der Waals surface area contributed by atoms with Crippen LogP contribution in [-0.4, -0.2) is 64.0 Å². The van der Waals surface area contributed by atoms with Crippen molar-refractivity contribution in [3.63, 3.8) is 0 Å². The number of nitrogens with zero attached hydrogens (tertiary/aromatic N) is 6. The van der Waals surface area contributed by atoms with Crippen LogP contribution in [0.4, 0.5) is 0 Å². The van der Waals surface area contributed by atoms with Crippen molar-refractivity contribution >= 4 is 10.2 Å². The van der Waals surface area contributed by atoms with Crippen LogP contribution in [0.1, 0.15) is 31.4 Å². The highest BCUT2D eigenvalue weighted by atomic mass is 32.2. The summed E-state index contributed by atoms with van der Waals surface area (Å²) in [6.07, 6.45) is 8.84. The molecule has 0 atom stereocenters. The Kier molecular flexibility index (Phi) is 5.16. The van der Waals surface area contributed by atoms with Crippen LogP contribution in [0.3, 0.4) is 0 Å². The number of hydrogen-bond acceptors (Lipinski definition) is 5. The third kappa shape index (κ3) is 3.73. The summed E-state index contributed by atoms with van der Waals surface area (Å²) in [5, 5.41) is 4.25. The Balaban J connectivity index is 1.66. The molecule has 136 valence electrons. The smallest absolute Gasteiger partial charge is 0.272 e. The van der Waals surface area contributed by atoms with Gasteiger partial charge in [-0.1, -0.05) is 0 Å². The van der Waals surface area contributed by atoms with Crippen molar-refractivity contribution in [1.82, 2.24) is 28.4 Å². The molecule has 25 heavy (non-hydrogen) atoms. The second-order valence-corrected chi connectivity index (χ2v) is 8.52. The molecule has 3 heterocycles. The predicted molar refractivity (Wildman–Crippen MR) is 95.1 cm³/mol. The highest BCUT2D eigenvalue weighted by Crippen LogP contribution is 2.28. The molecule has 0 radical (unpaired) electrons. The molecule has 0 N–H and O–H groups in total. The summed E-state index contributed by atoms with van der Waals surface area (Å²) in [5.74, 6) is 0.244. The maximum atomic E-state index is 12.2. The topological polar surface area (TPSA) is 84.2 Å². The van der Waals surface area contributed by atoms with Crippen molar-refractivity contribution < 1.29 is 8.42 Å². The molecular formula is C16H24N6O2S. The first kappa shape index (κ1) is 18.0. The average Bonchev–Trinajstić information content (AvgIpc) is 3.11. The second kappa shape index (κ2) is 7.19. The third-order valence-electron chi connectivity index (χ3n) is 4.58. The standard InChI is InChI=1S/C16H24N6O2S/c1-4-21-12-14(9-19-21)16-11-17-15(10-18-16)13-5-7-22(8-6-13)25(23,24)20(2)3/h9-13H,4-8H2,1-3H3. The number of piperidine rings is 1. The molecule has 0 amide bonds. The molecule has 8 nitrogen and oxygen atoms in total. The van der Waals surface area contributed by atoms with Gasteiger partial charge in [0, 0.05) is 57.6 Å². The Hall–Kier alpha value is -1.84. The highest BCUT2D eigenvalue weighted by molar-refractivity contribution is 7.86. The molecule has 0 aromatic carbocycles. The Labute approximate surface area is 148 Å². The fourth-order valence-electron chi connectivity index (χ4n) is 2.98. The van der Waals surface area contributed by atoms with E-state index in [4.69, 9.17) is 0 Å². The molecule has 2 aromatic rings. The van der Waals surface area contributed by atoms with Gasteiger partial charge in [-0.05, 0) is 19.8 Å². The lowest BCUT2D eigenvalue weighted by Gasteiger charge is -2.32. The van der Waals surface area contributed by atoms with Gasteiger partial charge < -0.3 is 0 Å². The molecule has 1 aliphatic rings. The maximum absolute atomic E-state index is 12.2. The highest BCUT2D eigenvalue weighted by Gasteiger charge is 2.30. The zero-order valence-corrected chi connectivity index (χ0v) is 15.6. The molecule has 0 spiro atoms. The van der Waals surface area contributed by atoms with E-state index in [1.807, 2.05) is 17.8 Å². The normalized spacial score (nSPS) is 17.3. The monoisotopic (exact) mass is 364 g/mol. The van der Waals surface area contributed by atoms with Gasteiger partial charge in [0.15, 0.2) is 0 Å². The van der Waals surface area contributed by atoms with Crippen molar-refractivity contribution in [2.45, 2.75) is 32.2 Å². The summed E-state index contributed by atoms with van der Waals surface area (Å²) in [6.45, 7) is 3.88. The Morgan fingerprint density at radius 2 is 1.88 bits per heavy atom. The quantitative estimate of drug-likeness (QED) is 0.799. The van der Waals surface area contributed by atoms with Crippen molar-refractivity contribution in [2.75, 3.05) is 27.2 Å². The van der Waals surface area contributed by atoms with Gasteiger partial charge in [0.2, 0.25) is 0 Å².